The molecule has 1 aromatic rings. The van der Waals surface area contributed by atoms with Crippen molar-refractivity contribution in [1.82, 2.24) is 9.97 Å². The van der Waals surface area contributed by atoms with Crippen LogP contribution in [0.4, 0.5) is 0 Å². The maximum absolute atomic E-state index is 5.52. The lowest BCUT2D eigenvalue weighted by atomic mass is 10.6. The molecule has 0 unspecified atom stereocenters. The first-order valence-corrected chi connectivity index (χ1v) is 4.07. The molecule has 0 aliphatic rings. The van der Waals surface area contributed by atoms with E-state index >= 15 is 0 Å². The van der Waals surface area contributed by atoms with Crippen LogP contribution in [0.3, 0.4) is 0 Å². The molecule has 0 atom stereocenters. The Balaban J connectivity index is 3.06. The first-order valence-electron chi connectivity index (χ1n) is 2.56. The second-order valence-corrected chi connectivity index (χ2v) is 4.37. The van der Waals surface area contributed by atoms with Gasteiger partial charge in [-0.2, -0.15) is 0 Å². The predicted octanol–water partition coefficient (Wildman–Crippen LogP) is 2.96. The molecule has 0 aliphatic heterocycles. The van der Waals surface area contributed by atoms with Crippen molar-refractivity contribution in [3.63, 3.8) is 0 Å². The Kier molecular flexibility index (Phi) is 2.81. The molecule has 0 amide bonds. The van der Waals surface area contributed by atoms with Crippen LogP contribution < -0.4 is 0 Å². The highest BCUT2D eigenvalue weighted by Crippen LogP contribution is 2.35. The van der Waals surface area contributed by atoms with Gasteiger partial charge in [-0.15, -0.1) is 0 Å². The number of hydrogen-bond donors (Lipinski definition) is 0. The third-order valence-electron chi connectivity index (χ3n) is 0.875. The topological polar surface area (TPSA) is 25.8 Å². The summed E-state index contributed by atoms with van der Waals surface area (Å²) < 4.78 is -1.61. The molecule has 1 rings (SSSR count). The molecule has 1 heterocycles. The summed E-state index contributed by atoms with van der Waals surface area (Å²) in [5.74, 6) is 0.0787. The second-order valence-electron chi connectivity index (χ2n) is 1.70. The van der Waals surface area contributed by atoms with Crippen LogP contribution in [0.15, 0.2) is 12.3 Å². The second kappa shape index (κ2) is 3.31. The van der Waals surface area contributed by atoms with Crippen molar-refractivity contribution >= 4 is 46.4 Å². The van der Waals surface area contributed by atoms with Gasteiger partial charge in [0.25, 0.3) is 0 Å². The molecule has 0 radical (unpaired) electrons. The van der Waals surface area contributed by atoms with Gasteiger partial charge in [0.1, 0.15) is 5.15 Å². The highest BCUT2D eigenvalue weighted by atomic mass is 35.6. The highest BCUT2D eigenvalue weighted by molar-refractivity contribution is 6.66. The SMILES string of the molecule is Clc1ccnc(C(Cl)(Cl)Cl)n1. The molecule has 0 aliphatic carbocycles. The van der Waals surface area contributed by atoms with Crippen LogP contribution >= 0.6 is 46.4 Å². The first kappa shape index (κ1) is 9.33. The summed E-state index contributed by atoms with van der Waals surface area (Å²) in [6.45, 7) is 0. The summed E-state index contributed by atoms with van der Waals surface area (Å²) in [6.07, 6.45) is 1.42. The Morgan fingerprint density at radius 2 is 1.91 bits per heavy atom. The van der Waals surface area contributed by atoms with Gasteiger partial charge in [0.15, 0.2) is 5.82 Å². The van der Waals surface area contributed by atoms with Gasteiger partial charge in [-0.25, -0.2) is 9.97 Å². The number of rotatable bonds is 0. The van der Waals surface area contributed by atoms with Crippen LogP contribution in [0.2, 0.25) is 5.15 Å². The van der Waals surface area contributed by atoms with Crippen LogP contribution in [0.5, 0.6) is 0 Å². The summed E-state index contributed by atoms with van der Waals surface area (Å²) >= 11 is 22.0. The fourth-order valence-corrected chi connectivity index (χ4v) is 0.883. The molecule has 0 fully saturated rings. The van der Waals surface area contributed by atoms with E-state index < -0.39 is 3.79 Å². The summed E-state index contributed by atoms with van der Waals surface area (Å²) in [6, 6.07) is 1.50. The van der Waals surface area contributed by atoms with Crippen LogP contribution in [0.25, 0.3) is 0 Å². The van der Waals surface area contributed by atoms with E-state index in [1.807, 2.05) is 0 Å². The van der Waals surface area contributed by atoms with E-state index in [0.29, 0.717) is 0 Å². The number of halogens is 4. The third-order valence-corrected chi connectivity index (χ3v) is 1.59. The summed E-state index contributed by atoms with van der Waals surface area (Å²) in [5, 5.41) is 0.251. The number of nitrogens with zero attached hydrogens (tertiary/aromatic N) is 2. The lowest BCUT2D eigenvalue weighted by Crippen LogP contribution is -2.06. The van der Waals surface area contributed by atoms with Gasteiger partial charge in [-0.05, 0) is 6.07 Å². The zero-order chi connectivity index (χ0) is 8.48. The van der Waals surface area contributed by atoms with Crippen molar-refractivity contribution in [3.05, 3.63) is 23.2 Å². The predicted molar refractivity (Wildman–Crippen MR) is 46.3 cm³/mol. The van der Waals surface area contributed by atoms with Gasteiger partial charge < -0.3 is 0 Å². The van der Waals surface area contributed by atoms with E-state index in [0.717, 1.165) is 0 Å². The van der Waals surface area contributed by atoms with E-state index in [4.69, 9.17) is 46.4 Å². The summed E-state index contributed by atoms with van der Waals surface area (Å²) in [4.78, 5) is 7.42. The standard InChI is InChI=1S/C5H2Cl4N2/c6-3-1-2-10-4(11-3)5(7,8)9/h1-2H. The zero-order valence-electron chi connectivity index (χ0n) is 5.06. The molecule has 0 spiro atoms. The van der Waals surface area contributed by atoms with E-state index in [1.54, 1.807) is 0 Å². The maximum Gasteiger partial charge on any atom is 0.250 e. The normalized spacial score (nSPS) is 11.6. The van der Waals surface area contributed by atoms with Crippen molar-refractivity contribution < 1.29 is 0 Å². The monoisotopic (exact) mass is 230 g/mol. The molecule has 11 heavy (non-hydrogen) atoms. The zero-order valence-corrected chi connectivity index (χ0v) is 8.08. The van der Waals surface area contributed by atoms with E-state index in [1.165, 1.54) is 12.3 Å². The number of alkyl halides is 3. The fourth-order valence-electron chi connectivity index (χ4n) is 0.473. The van der Waals surface area contributed by atoms with Crippen LogP contribution in [0, 0.1) is 0 Å². The van der Waals surface area contributed by atoms with Crippen molar-refractivity contribution in [1.29, 1.82) is 0 Å². The van der Waals surface area contributed by atoms with Gasteiger partial charge in [-0.3, -0.25) is 0 Å². The Labute approximate surface area is 83.4 Å². The molecule has 60 valence electrons. The van der Waals surface area contributed by atoms with Gasteiger partial charge in [0.05, 0.1) is 0 Å². The average molecular weight is 232 g/mol. The Morgan fingerprint density at radius 1 is 1.27 bits per heavy atom. The molecule has 0 N–H and O–H groups in total. The first-order chi connectivity index (χ1) is 5.00. The molecule has 2 nitrogen and oxygen atoms in total. The average Bonchev–Trinajstić information content (AvgIpc) is 1.86. The number of aromatic nitrogens is 2. The van der Waals surface area contributed by atoms with E-state index in [2.05, 4.69) is 9.97 Å². The lowest BCUT2D eigenvalue weighted by molar-refractivity contribution is 0.969. The lowest BCUT2D eigenvalue weighted by Gasteiger charge is -2.07. The Morgan fingerprint density at radius 3 is 2.27 bits per heavy atom. The van der Waals surface area contributed by atoms with Crippen LogP contribution in [-0.4, -0.2) is 9.97 Å². The fraction of sp³-hybridized carbons (Fsp3) is 0.200. The molecule has 0 saturated heterocycles. The molecule has 0 saturated carbocycles. The van der Waals surface area contributed by atoms with Crippen molar-refractivity contribution in [3.8, 4) is 0 Å². The minimum Gasteiger partial charge on any atom is -0.237 e. The Hall–Kier alpha value is 0.240. The van der Waals surface area contributed by atoms with Crippen molar-refractivity contribution in [2.75, 3.05) is 0 Å². The quantitative estimate of drug-likeness (QED) is 0.507. The number of hydrogen-bond acceptors (Lipinski definition) is 2. The van der Waals surface area contributed by atoms with Gasteiger partial charge in [0, 0.05) is 6.20 Å². The maximum atomic E-state index is 5.52. The van der Waals surface area contributed by atoms with E-state index in [-0.39, 0.29) is 11.0 Å². The van der Waals surface area contributed by atoms with Crippen molar-refractivity contribution in [2.24, 2.45) is 0 Å². The smallest absolute Gasteiger partial charge is 0.237 e. The molecule has 0 aromatic carbocycles. The summed E-state index contributed by atoms with van der Waals surface area (Å²) in [5.41, 5.74) is 0. The minimum atomic E-state index is -1.61. The minimum absolute atomic E-state index is 0.0787. The molecule has 1 aromatic heterocycles. The molecular weight excluding hydrogens is 230 g/mol. The van der Waals surface area contributed by atoms with Gasteiger partial charge >= 0.3 is 0 Å². The third kappa shape index (κ3) is 2.64. The molecule has 6 heteroatoms. The van der Waals surface area contributed by atoms with Gasteiger partial charge in [-0.1, -0.05) is 46.4 Å². The largest absolute Gasteiger partial charge is 0.250 e. The highest BCUT2D eigenvalue weighted by Gasteiger charge is 2.26. The van der Waals surface area contributed by atoms with Crippen LogP contribution in [-0.2, 0) is 3.79 Å². The van der Waals surface area contributed by atoms with Crippen molar-refractivity contribution in [2.45, 2.75) is 3.79 Å². The van der Waals surface area contributed by atoms with E-state index in [9.17, 15) is 0 Å². The molecule has 0 bridgehead atoms. The molecular formula is C5H2Cl4N2. The Bertz CT molecular complexity index is 257. The summed E-state index contributed by atoms with van der Waals surface area (Å²) in [7, 11) is 0. The van der Waals surface area contributed by atoms with Gasteiger partial charge in [0.2, 0.25) is 3.79 Å². The van der Waals surface area contributed by atoms with Crippen LogP contribution in [0.1, 0.15) is 5.82 Å².